The third-order valence-electron chi connectivity index (χ3n) is 6.85. The molecule has 0 spiro atoms. The number of hydrogen-bond acceptors (Lipinski definition) is 9. The topological polar surface area (TPSA) is 154 Å². The Kier molecular flexibility index (Phi) is 9.21. The number of pyridine rings is 1. The molecule has 1 atom stereocenters. The summed E-state index contributed by atoms with van der Waals surface area (Å²) in [4.78, 5) is 24.6. The quantitative estimate of drug-likeness (QED) is 0.164. The first kappa shape index (κ1) is 32.3. The van der Waals surface area contributed by atoms with E-state index in [-0.39, 0.29) is 48.8 Å². The van der Waals surface area contributed by atoms with Gasteiger partial charge in [0, 0.05) is 38.1 Å². The van der Waals surface area contributed by atoms with E-state index in [9.17, 15) is 14.1 Å². The van der Waals surface area contributed by atoms with Crippen LogP contribution in [0.2, 0.25) is 5.02 Å². The van der Waals surface area contributed by atoms with E-state index in [1.165, 1.54) is 53.4 Å². The highest BCUT2D eigenvalue weighted by Crippen LogP contribution is 2.39. The number of halogens is 3. The van der Waals surface area contributed by atoms with Crippen LogP contribution in [-0.4, -0.2) is 75.9 Å². The van der Waals surface area contributed by atoms with Crippen molar-refractivity contribution in [3.63, 3.8) is 0 Å². The summed E-state index contributed by atoms with van der Waals surface area (Å²) in [5.41, 5.74) is 6.04. The molecule has 1 unspecified atom stereocenters. The Morgan fingerprint density at radius 2 is 1.89 bits per heavy atom. The van der Waals surface area contributed by atoms with Gasteiger partial charge in [-0.2, -0.15) is 4.39 Å². The van der Waals surface area contributed by atoms with Gasteiger partial charge in [0.2, 0.25) is 11.6 Å². The van der Waals surface area contributed by atoms with Crippen LogP contribution in [0.15, 0.2) is 75.6 Å². The number of ether oxygens (including phenoxy) is 2. The van der Waals surface area contributed by atoms with Crippen LogP contribution >= 0.6 is 11.6 Å². The monoisotopic (exact) mass is 668 g/mol. The van der Waals surface area contributed by atoms with Crippen LogP contribution in [0.4, 0.5) is 8.78 Å². The second-order valence-corrected chi connectivity index (χ2v) is 12.1. The molecule has 3 aromatic carbocycles. The Balaban J connectivity index is 1.56. The third kappa shape index (κ3) is 6.34. The Bertz CT molecular complexity index is 1940. The van der Waals surface area contributed by atoms with Crippen molar-refractivity contribution in [2.24, 2.45) is 10.7 Å². The number of carbonyl (C=O) groups is 1. The van der Waals surface area contributed by atoms with E-state index in [4.69, 9.17) is 32.2 Å². The van der Waals surface area contributed by atoms with Crippen LogP contribution in [0.25, 0.3) is 0 Å². The van der Waals surface area contributed by atoms with Crippen LogP contribution < -0.4 is 15.2 Å². The molecule has 5 rings (SSSR count). The molecule has 0 aliphatic carbocycles. The highest BCUT2D eigenvalue weighted by Gasteiger charge is 2.27. The van der Waals surface area contributed by atoms with Crippen LogP contribution in [-0.2, 0) is 10.8 Å². The molecule has 46 heavy (non-hydrogen) atoms. The van der Waals surface area contributed by atoms with Gasteiger partial charge in [0.15, 0.2) is 17.3 Å². The van der Waals surface area contributed by atoms with Crippen molar-refractivity contribution >= 4 is 40.0 Å². The molecule has 1 aromatic heterocycles. The summed E-state index contributed by atoms with van der Waals surface area (Å²) in [6.45, 7) is 0.990. The molecule has 238 valence electrons. The molecule has 4 aromatic rings. The van der Waals surface area contributed by atoms with Gasteiger partial charge in [0.05, 0.1) is 44.6 Å². The predicted molar refractivity (Wildman–Crippen MR) is 168 cm³/mol. The summed E-state index contributed by atoms with van der Waals surface area (Å²) in [7, 11) is 2.96. The van der Waals surface area contributed by atoms with Crippen molar-refractivity contribution in [3.8, 4) is 28.9 Å². The lowest BCUT2D eigenvalue weighted by molar-refractivity contribution is 0.0824. The molecule has 0 fully saturated rings. The number of amides is 1. The molecule has 15 heteroatoms. The van der Waals surface area contributed by atoms with E-state index in [2.05, 4.69) is 9.98 Å². The van der Waals surface area contributed by atoms with E-state index in [1.807, 2.05) is 0 Å². The summed E-state index contributed by atoms with van der Waals surface area (Å²) in [6.07, 6.45) is 0.685. The lowest BCUT2D eigenvalue weighted by atomic mass is 10.1. The summed E-state index contributed by atoms with van der Waals surface area (Å²) in [5.74, 6) is -5.11. The molecule has 0 radical (unpaired) electrons. The van der Waals surface area contributed by atoms with Gasteiger partial charge in [-0.15, -0.1) is 0 Å². The maximum Gasteiger partial charge on any atom is 0.260 e. The largest absolute Gasteiger partial charge is 0.504 e. The average Bonchev–Trinajstić information content (AvgIpc) is 3.46. The number of rotatable bonds is 9. The van der Waals surface area contributed by atoms with E-state index < -0.39 is 45.7 Å². The molecule has 4 N–H and O–H groups in total. The van der Waals surface area contributed by atoms with E-state index >= 15 is 8.78 Å². The fourth-order valence-electron chi connectivity index (χ4n) is 4.50. The van der Waals surface area contributed by atoms with Gasteiger partial charge in [-0.05, 0) is 48.5 Å². The van der Waals surface area contributed by atoms with E-state index in [1.54, 1.807) is 32.1 Å². The smallest absolute Gasteiger partial charge is 0.260 e. The number of aromatic hydroxyl groups is 1. The Labute approximate surface area is 269 Å². The Morgan fingerprint density at radius 3 is 2.57 bits per heavy atom. The zero-order valence-electron chi connectivity index (χ0n) is 24.7. The van der Waals surface area contributed by atoms with Crippen molar-refractivity contribution in [1.82, 2.24) is 14.8 Å². The van der Waals surface area contributed by atoms with Gasteiger partial charge < -0.3 is 30.1 Å². The molecule has 11 nitrogen and oxygen atoms in total. The maximum absolute atomic E-state index is 15.7. The number of aromatic nitrogens is 1. The minimum absolute atomic E-state index is 0.0275. The number of nitrogens with zero attached hydrogens (tertiary/aromatic N) is 4. The van der Waals surface area contributed by atoms with Gasteiger partial charge in [-0.25, -0.2) is 13.6 Å². The van der Waals surface area contributed by atoms with E-state index in [0.29, 0.717) is 25.1 Å². The number of aliphatic imine (C=N–C) groups is 1. The fourth-order valence-corrected chi connectivity index (χ4v) is 6.07. The zero-order valence-corrected chi connectivity index (χ0v) is 26.2. The maximum atomic E-state index is 15.7. The van der Waals surface area contributed by atoms with Crippen LogP contribution in [0.1, 0.15) is 21.5 Å². The van der Waals surface area contributed by atoms with Crippen molar-refractivity contribution in [3.05, 3.63) is 94.1 Å². The molecular formula is C31H27ClF2N6O5S. The molecule has 0 saturated heterocycles. The first-order chi connectivity index (χ1) is 21.9. The number of benzene rings is 3. The van der Waals surface area contributed by atoms with Crippen LogP contribution in [0.5, 0.6) is 28.9 Å². The lowest BCUT2D eigenvalue weighted by Gasteiger charge is -2.19. The van der Waals surface area contributed by atoms with Crippen molar-refractivity contribution < 1.29 is 32.4 Å². The third-order valence-corrected chi connectivity index (χ3v) is 8.59. The molecular weight excluding hydrogens is 642 g/mol. The number of likely N-dealkylation sites (N-methyl/N-ethyl adjacent to an activating group) is 1. The highest BCUT2D eigenvalue weighted by atomic mass is 35.5. The average molecular weight is 669 g/mol. The number of amidine groups is 2. The SMILES string of the molecule is CN(C)C(=O)c1c(Cl)cccc1S(=O)c1ccc(Oc2c(F)cnc(Oc3cc(C(=N)N)ccc3O)c2F)c(C2=NCCN2C)c1. The molecule has 1 aliphatic heterocycles. The number of nitrogens with one attached hydrogen (secondary N) is 1. The second-order valence-electron chi connectivity index (χ2n) is 10.2. The summed E-state index contributed by atoms with van der Waals surface area (Å²) in [6, 6.07) is 12.7. The molecule has 2 heterocycles. The standard InChI is InChI=1S/C31H27ClF2N6O5S/c1-39(2)31(42)25-19(32)5-4-6-24(25)46(43)17-8-10-22(18(14-17)29-37-11-12-40(29)3)44-27-20(33)15-38-30(26(27)34)45-23-13-16(28(35)36)7-9-21(23)41/h4-10,13-15,41H,11-12H2,1-3H3,(H3,35,36). The van der Waals surface area contributed by atoms with Crippen molar-refractivity contribution in [2.75, 3.05) is 34.2 Å². The summed E-state index contributed by atoms with van der Waals surface area (Å²) in [5, 5.41) is 17.9. The second kappa shape index (κ2) is 13.1. The number of nitrogen functional groups attached to an aromatic ring is 1. The van der Waals surface area contributed by atoms with Gasteiger partial charge in [-0.3, -0.25) is 15.2 Å². The number of nitrogens with two attached hydrogens (primary N) is 1. The first-order valence-electron chi connectivity index (χ1n) is 13.6. The summed E-state index contributed by atoms with van der Waals surface area (Å²) >= 11 is 6.35. The lowest BCUT2D eigenvalue weighted by Crippen LogP contribution is -2.24. The molecule has 1 amide bonds. The fraction of sp³-hybridized carbons (Fsp3) is 0.161. The minimum Gasteiger partial charge on any atom is -0.504 e. The van der Waals surface area contributed by atoms with Crippen molar-refractivity contribution in [1.29, 1.82) is 5.41 Å². The summed E-state index contributed by atoms with van der Waals surface area (Å²) < 4.78 is 55.8. The highest BCUT2D eigenvalue weighted by molar-refractivity contribution is 7.85. The van der Waals surface area contributed by atoms with E-state index in [0.717, 1.165) is 0 Å². The van der Waals surface area contributed by atoms with Gasteiger partial charge in [0.1, 0.15) is 17.4 Å². The Morgan fingerprint density at radius 1 is 1.13 bits per heavy atom. The van der Waals surface area contributed by atoms with Crippen LogP contribution in [0, 0.1) is 17.0 Å². The minimum atomic E-state index is -1.91. The molecule has 0 bridgehead atoms. The van der Waals surface area contributed by atoms with Gasteiger partial charge in [-0.1, -0.05) is 17.7 Å². The molecule has 0 saturated carbocycles. The predicted octanol–water partition coefficient (Wildman–Crippen LogP) is 5.15. The number of carbonyl (C=O) groups excluding carboxylic acids is 1. The molecule has 1 aliphatic rings. The number of phenolic OH excluding ortho intramolecular Hbond substituents is 1. The zero-order chi connectivity index (χ0) is 33.3. The first-order valence-corrected chi connectivity index (χ1v) is 15.1. The Hall–Kier alpha value is -5.08. The van der Waals surface area contributed by atoms with Gasteiger partial charge in [0.25, 0.3) is 11.8 Å². The van der Waals surface area contributed by atoms with Crippen LogP contribution in [0.3, 0.4) is 0 Å². The normalized spacial score (nSPS) is 13.3. The number of hydrogen-bond donors (Lipinski definition) is 3. The van der Waals surface area contributed by atoms with Crippen molar-refractivity contribution in [2.45, 2.75) is 9.79 Å². The van der Waals surface area contributed by atoms with Gasteiger partial charge >= 0.3 is 0 Å². The number of phenols is 1.